The van der Waals surface area contributed by atoms with Crippen LogP contribution in [0, 0.1) is 0 Å². The van der Waals surface area contributed by atoms with Gasteiger partial charge in [0.2, 0.25) is 0 Å². The van der Waals surface area contributed by atoms with Crippen LogP contribution in [0.2, 0.25) is 0 Å². The average Bonchev–Trinajstić information content (AvgIpc) is 3.29. The molecule has 158 valence electrons. The van der Waals surface area contributed by atoms with Gasteiger partial charge in [0, 0.05) is 55.3 Å². The fourth-order valence-electron chi connectivity index (χ4n) is 4.48. The highest BCUT2D eigenvalue weighted by Crippen LogP contribution is 2.32. The molecule has 1 atom stereocenters. The van der Waals surface area contributed by atoms with Gasteiger partial charge in [-0.25, -0.2) is 4.98 Å². The fourth-order valence-corrected chi connectivity index (χ4v) is 4.48. The SMILES string of the molecule is COC1CCN(c2ccc(-c3cnc(N)c(-c4ccc5c(c4)CCNC5=O)c3)cc2)C1. The number of carbonyl (C=O) groups excluding carboxylic acids is 1. The van der Waals surface area contributed by atoms with Crippen LogP contribution >= 0.6 is 0 Å². The number of nitrogens with zero attached hydrogens (tertiary/aromatic N) is 2. The number of rotatable bonds is 4. The lowest BCUT2D eigenvalue weighted by atomic mass is 9.94. The molecule has 1 unspecified atom stereocenters. The second-order valence-electron chi connectivity index (χ2n) is 8.17. The second kappa shape index (κ2) is 8.04. The minimum Gasteiger partial charge on any atom is -0.383 e. The monoisotopic (exact) mass is 414 g/mol. The number of fused-ring (bicyclic) bond motifs is 1. The number of nitrogens with two attached hydrogens (primary N) is 1. The zero-order chi connectivity index (χ0) is 21.4. The molecule has 31 heavy (non-hydrogen) atoms. The Labute approximate surface area is 182 Å². The Bertz CT molecular complexity index is 1130. The van der Waals surface area contributed by atoms with Gasteiger partial charge >= 0.3 is 0 Å². The van der Waals surface area contributed by atoms with Gasteiger partial charge in [-0.1, -0.05) is 24.3 Å². The van der Waals surface area contributed by atoms with Gasteiger partial charge in [0.25, 0.3) is 5.91 Å². The van der Waals surface area contributed by atoms with E-state index >= 15 is 0 Å². The van der Waals surface area contributed by atoms with E-state index in [9.17, 15) is 4.79 Å². The molecule has 3 aromatic rings. The molecular weight excluding hydrogens is 388 g/mol. The first kappa shape index (κ1) is 19.6. The summed E-state index contributed by atoms with van der Waals surface area (Å²) in [6.45, 7) is 2.61. The lowest BCUT2D eigenvalue weighted by molar-refractivity contribution is 0.0946. The molecule has 6 nitrogen and oxygen atoms in total. The molecule has 2 aliphatic heterocycles. The van der Waals surface area contributed by atoms with Crippen molar-refractivity contribution in [2.75, 3.05) is 37.4 Å². The number of pyridine rings is 1. The standard InChI is InChI=1S/C25H26N4O2/c1-31-21-9-11-29(15-21)20-5-2-16(3-6-20)19-13-23(24(26)28-14-19)17-4-7-22-18(12-17)8-10-27-25(22)30/h2-7,12-14,21H,8-11,15H2,1H3,(H2,26,28)(H,27,30). The topological polar surface area (TPSA) is 80.5 Å². The first-order valence-electron chi connectivity index (χ1n) is 10.7. The Kier molecular flexibility index (Phi) is 5.08. The molecule has 2 aliphatic rings. The van der Waals surface area contributed by atoms with Gasteiger partial charge in [0.1, 0.15) is 5.82 Å². The molecule has 0 aliphatic carbocycles. The molecule has 1 saturated heterocycles. The summed E-state index contributed by atoms with van der Waals surface area (Å²) in [6.07, 6.45) is 4.01. The quantitative estimate of drug-likeness (QED) is 0.683. The number of amides is 1. The molecule has 6 heteroatoms. The molecule has 3 heterocycles. The number of nitrogen functional groups attached to an aromatic ring is 1. The summed E-state index contributed by atoms with van der Waals surface area (Å²) in [5.74, 6) is 0.478. The van der Waals surface area contributed by atoms with E-state index in [0.29, 0.717) is 18.5 Å². The normalized spacial score (nSPS) is 18.0. The first-order chi connectivity index (χ1) is 15.1. The van der Waals surface area contributed by atoms with Crippen LogP contribution in [0.1, 0.15) is 22.3 Å². The zero-order valence-electron chi connectivity index (χ0n) is 17.6. The smallest absolute Gasteiger partial charge is 0.251 e. The van der Waals surface area contributed by atoms with E-state index in [4.69, 9.17) is 10.5 Å². The fraction of sp³-hybridized carbons (Fsp3) is 0.280. The Morgan fingerprint density at radius 2 is 1.87 bits per heavy atom. The summed E-state index contributed by atoms with van der Waals surface area (Å²) in [4.78, 5) is 18.8. The van der Waals surface area contributed by atoms with Gasteiger partial charge in [0.05, 0.1) is 6.10 Å². The van der Waals surface area contributed by atoms with Crippen LogP contribution in [0.15, 0.2) is 54.7 Å². The molecule has 1 fully saturated rings. The molecule has 1 aromatic heterocycles. The first-order valence-corrected chi connectivity index (χ1v) is 10.7. The van der Waals surface area contributed by atoms with Crippen molar-refractivity contribution in [3.05, 3.63) is 65.9 Å². The number of methoxy groups -OCH3 is 1. The maximum Gasteiger partial charge on any atom is 0.251 e. The van der Waals surface area contributed by atoms with Gasteiger partial charge in [-0.3, -0.25) is 4.79 Å². The van der Waals surface area contributed by atoms with Crippen molar-refractivity contribution in [3.8, 4) is 22.3 Å². The minimum absolute atomic E-state index is 0.0115. The largest absolute Gasteiger partial charge is 0.383 e. The minimum atomic E-state index is -0.0115. The highest BCUT2D eigenvalue weighted by Gasteiger charge is 2.22. The van der Waals surface area contributed by atoms with Crippen molar-refractivity contribution in [1.82, 2.24) is 10.3 Å². The third-order valence-electron chi connectivity index (χ3n) is 6.30. The van der Waals surface area contributed by atoms with Gasteiger partial charge < -0.3 is 20.7 Å². The van der Waals surface area contributed by atoms with E-state index in [1.165, 1.54) is 5.69 Å². The molecule has 1 amide bonds. The summed E-state index contributed by atoms with van der Waals surface area (Å²) in [5.41, 5.74) is 13.2. The van der Waals surface area contributed by atoms with E-state index in [0.717, 1.165) is 59.3 Å². The predicted octanol–water partition coefficient (Wildman–Crippen LogP) is 3.51. The van der Waals surface area contributed by atoms with Crippen molar-refractivity contribution >= 4 is 17.4 Å². The summed E-state index contributed by atoms with van der Waals surface area (Å²) < 4.78 is 5.48. The Balaban J connectivity index is 1.43. The van der Waals surface area contributed by atoms with Crippen molar-refractivity contribution in [2.24, 2.45) is 0 Å². The highest BCUT2D eigenvalue weighted by atomic mass is 16.5. The van der Waals surface area contributed by atoms with Crippen LogP contribution < -0.4 is 16.0 Å². The van der Waals surface area contributed by atoms with Gasteiger partial charge in [-0.15, -0.1) is 0 Å². The van der Waals surface area contributed by atoms with Crippen LogP contribution in [0.25, 0.3) is 22.3 Å². The molecule has 0 spiro atoms. The van der Waals surface area contributed by atoms with Crippen LogP contribution in [0.4, 0.5) is 11.5 Å². The van der Waals surface area contributed by atoms with Crippen LogP contribution in [-0.4, -0.2) is 43.7 Å². The number of aromatic nitrogens is 1. The predicted molar refractivity (Wildman–Crippen MR) is 123 cm³/mol. The van der Waals surface area contributed by atoms with E-state index in [1.54, 1.807) is 7.11 Å². The zero-order valence-corrected chi connectivity index (χ0v) is 17.6. The Morgan fingerprint density at radius 1 is 1.06 bits per heavy atom. The van der Waals surface area contributed by atoms with E-state index in [-0.39, 0.29) is 5.91 Å². The average molecular weight is 415 g/mol. The number of hydrogen-bond donors (Lipinski definition) is 2. The Hall–Kier alpha value is -3.38. The summed E-state index contributed by atoms with van der Waals surface area (Å²) >= 11 is 0. The van der Waals surface area contributed by atoms with Crippen LogP contribution in [-0.2, 0) is 11.2 Å². The summed E-state index contributed by atoms with van der Waals surface area (Å²) in [5, 5.41) is 2.88. The molecule has 0 bridgehead atoms. The molecule has 0 radical (unpaired) electrons. The summed E-state index contributed by atoms with van der Waals surface area (Å²) in [7, 11) is 1.78. The number of hydrogen-bond acceptors (Lipinski definition) is 5. The maximum absolute atomic E-state index is 12.0. The van der Waals surface area contributed by atoms with Crippen molar-refractivity contribution in [1.29, 1.82) is 0 Å². The van der Waals surface area contributed by atoms with E-state index in [2.05, 4.69) is 51.6 Å². The van der Waals surface area contributed by atoms with Gasteiger partial charge in [-0.05, 0) is 53.8 Å². The number of anilines is 2. The van der Waals surface area contributed by atoms with Crippen LogP contribution in [0.5, 0.6) is 0 Å². The Morgan fingerprint density at radius 3 is 2.65 bits per heavy atom. The lowest BCUT2D eigenvalue weighted by Crippen LogP contribution is -2.31. The molecule has 2 aromatic carbocycles. The third-order valence-corrected chi connectivity index (χ3v) is 6.30. The van der Waals surface area contributed by atoms with Crippen molar-refractivity contribution in [2.45, 2.75) is 18.9 Å². The molecule has 5 rings (SSSR count). The lowest BCUT2D eigenvalue weighted by Gasteiger charge is -2.19. The highest BCUT2D eigenvalue weighted by molar-refractivity contribution is 5.97. The third kappa shape index (κ3) is 3.75. The van der Waals surface area contributed by atoms with Crippen LogP contribution in [0.3, 0.4) is 0 Å². The number of benzene rings is 2. The second-order valence-corrected chi connectivity index (χ2v) is 8.17. The van der Waals surface area contributed by atoms with Crippen molar-refractivity contribution < 1.29 is 9.53 Å². The van der Waals surface area contributed by atoms with Gasteiger partial charge in [-0.2, -0.15) is 0 Å². The van der Waals surface area contributed by atoms with E-state index < -0.39 is 0 Å². The molecule has 3 N–H and O–H groups in total. The number of nitrogens with one attached hydrogen (secondary N) is 1. The van der Waals surface area contributed by atoms with E-state index in [1.807, 2.05) is 18.3 Å². The maximum atomic E-state index is 12.0. The molecular formula is C25H26N4O2. The number of carbonyl (C=O) groups is 1. The number of ether oxygens (including phenoxy) is 1. The van der Waals surface area contributed by atoms with Crippen molar-refractivity contribution in [3.63, 3.8) is 0 Å². The summed E-state index contributed by atoms with van der Waals surface area (Å²) in [6, 6.07) is 16.5. The van der Waals surface area contributed by atoms with Gasteiger partial charge in [0.15, 0.2) is 0 Å². The molecule has 0 saturated carbocycles.